The fourth-order valence-corrected chi connectivity index (χ4v) is 0.989. The summed E-state index contributed by atoms with van der Waals surface area (Å²) in [5.74, 6) is -1.82. The van der Waals surface area contributed by atoms with Crippen LogP contribution in [0.15, 0.2) is 12.2 Å². The highest BCUT2D eigenvalue weighted by molar-refractivity contribution is 5.96. The van der Waals surface area contributed by atoms with E-state index in [0.29, 0.717) is 0 Å². The molecule has 0 amide bonds. The second-order valence-electron chi connectivity index (χ2n) is 4.12. The van der Waals surface area contributed by atoms with Crippen LogP contribution >= 0.6 is 0 Å². The SMILES string of the molecule is C=C(CC(=O)OC)C(C)=O.COC(=O)CC(C)C(=O)OC. The fourth-order valence-electron chi connectivity index (χ4n) is 0.989. The van der Waals surface area contributed by atoms with Gasteiger partial charge in [-0.15, -0.1) is 0 Å². The first-order valence-corrected chi connectivity index (χ1v) is 6.09. The van der Waals surface area contributed by atoms with E-state index in [4.69, 9.17) is 0 Å². The number of ether oxygens (including phenoxy) is 3. The zero-order valence-electron chi connectivity index (χ0n) is 13.1. The summed E-state index contributed by atoms with van der Waals surface area (Å²) in [7, 11) is 3.85. The summed E-state index contributed by atoms with van der Waals surface area (Å²) >= 11 is 0. The van der Waals surface area contributed by atoms with Crippen LogP contribution in [0.25, 0.3) is 0 Å². The molecular weight excluding hydrogens is 280 g/mol. The third kappa shape index (κ3) is 11.4. The molecule has 7 nitrogen and oxygen atoms in total. The Labute approximate surface area is 124 Å². The van der Waals surface area contributed by atoms with Crippen LogP contribution in [-0.4, -0.2) is 45.0 Å². The molecule has 0 aromatic rings. The summed E-state index contributed by atoms with van der Waals surface area (Å²) in [5, 5.41) is 0. The number of rotatable bonds is 6. The molecule has 1 atom stereocenters. The van der Waals surface area contributed by atoms with Gasteiger partial charge in [-0.2, -0.15) is 0 Å². The highest BCUT2D eigenvalue weighted by atomic mass is 16.5. The summed E-state index contributed by atoms with van der Waals surface area (Å²) in [6.45, 7) is 6.37. The Kier molecular flexibility index (Phi) is 11.7. The lowest BCUT2D eigenvalue weighted by molar-refractivity contribution is -0.151. The fraction of sp³-hybridized carbons (Fsp3) is 0.571. The monoisotopic (exact) mass is 302 g/mol. The minimum atomic E-state index is -0.430. The molecule has 0 aliphatic carbocycles. The van der Waals surface area contributed by atoms with Crippen LogP contribution in [-0.2, 0) is 33.4 Å². The molecule has 0 fully saturated rings. The molecule has 0 aromatic carbocycles. The van der Waals surface area contributed by atoms with Crippen molar-refractivity contribution in [2.45, 2.75) is 26.7 Å². The van der Waals surface area contributed by atoms with Crippen LogP contribution in [0.2, 0.25) is 0 Å². The molecule has 0 aliphatic rings. The molecule has 120 valence electrons. The van der Waals surface area contributed by atoms with Gasteiger partial charge in [0.2, 0.25) is 0 Å². The van der Waals surface area contributed by atoms with Crippen LogP contribution in [0.3, 0.4) is 0 Å². The van der Waals surface area contributed by atoms with Gasteiger partial charge in [-0.1, -0.05) is 13.5 Å². The maximum atomic E-state index is 10.7. The summed E-state index contributed by atoms with van der Waals surface area (Å²) in [4.78, 5) is 42.3. The van der Waals surface area contributed by atoms with E-state index in [9.17, 15) is 19.2 Å². The van der Waals surface area contributed by atoms with Crippen LogP contribution in [0.4, 0.5) is 0 Å². The highest BCUT2D eigenvalue weighted by Crippen LogP contribution is 2.04. The standard InChI is InChI=1S/C7H12O4.C7H10O3/c1-5(7(9)11-3)4-6(8)10-2;1-5(6(2)8)4-7(9)10-3/h5H,4H2,1-3H3;1,4H2,2-3H3. The molecule has 0 heterocycles. The van der Waals surface area contributed by atoms with E-state index < -0.39 is 23.8 Å². The largest absolute Gasteiger partial charge is 0.469 e. The number of carbonyl (C=O) groups is 4. The molecule has 0 aliphatic heterocycles. The van der Waals surface area contributed by atoms with E-state index in [1.54, 1.807) is 6.92 Å². The van der Waals surface area contributed by atoms with Crippen LogP contribution in [0.5, 0.6) is 0 Å². The van der Waals surface area contributed by atoms with Gasteiger partial charge in [-0.3, -0.25) is 19.2 Å². The Balaban J connectivity index is 0. The van der Waals surface area contributed by atoms with Gasteiger partial charge in [-0.25, -0.2) is 0 Å². The first-order chi connectivity index (χ1) is 9.69. The van der Waals surface area contributed by atoms with Crippen LogP contribution in [0, 0.1) is 5.92 Å². The zero-order valence-corrected chi connectivity index (χ0v) is 13.1. The molecular formula is C14H22O7. The van der Waals surface area contributed by atoms with E-state index in [2.05, 4.69) is 20.8 Å². The van der Waals surface area contributed by atoms with E-state index in [1.165, 1.54) is 28.3 Å². The van der Waals surface area contributed by atoms with Crippen molar-refractivity contribution in [1.29, 1.82) is 0 Å². The molecule has 0 aromatic heterocycles. The molecule has 0 spiro atoms. The van der Waals surface area contributed by atoms with Gasteiger partial charge in [0.15, 0.2) is 5.78 Å². The predicted octanol–water partition coefficient (Wildman–Crippen LogP) is 1.05. The molecule has 0 saturated heterocycles. The van der Waals surface area contributed by atoms with Gasteiger partial charge in [-0.05, 0) is 12.5 Å². The summed E-state index contributed by atoms with van der Waals surface area (Å²) in [5.41, 5.74) is 0.284. The summed E-state index contributed by atoms with van der Waals surface area (Å²) in [6.07, 6.45) is 0.0645. The van der Waals surface area contributed by atoms with Crippen molar-refractivity contribution < 1.29 is 33.4 Å². The second kappa shape index (κ2) is 11.6. The zero-order chi connectivity index (χ0) is 17.0. The van der Waals surface area contributed by atoms with Gasteiger partial charge >= 0.3 is 17.9 Å². The van der Waals surface area contributed by atoms with E-state index in [0.717, 1.165) is 0 Å². The molecule has 21 heavy (non-hydrogen) atoms. The van der Waals surface area contributed by atoms with Gasteiger partial charge < -0.3 is 14.2 Å². The van der Waals surface area contributed by atoms with Crippen molar-refractivity contribution in [1.82, 2.24) is 0 Å². The Morgan fingerprint density at radius 1 is 0.952 bits per heavy atom. The van der Waals surface area contributed by atoms with E-state index in [1.807, 2.05) is 0 Å². The molecule has 0 radical (unpaired) electrons. The molecule has 7 heteroatoms. The normalized spacial score (nSPS) is 10.3. The maximum Gasteiger partial charge on any atom is 0.310 e. The Morgan fingerprint density at radius 2 is 1.43 bits per heavy atom. The smallest absolute Gasteiger partial charge is 0.310 e. The van der Waals surface area contributed by atoms with Crippen molar-refractivity contribution in [2.24, 2.45) is 5.92 Å². The first-order valence-electron chi connectivity index (χ1n) is 6.09. The number of esters is 3. The lowest BCUT2D eigenvalue weighted by atomic mass is 10.1. The number of hydrogen-bond acceptors (Lipinski definition) is 7. The Bertz CT molecular complexity index is 398. The predicted molar refractivity (Wildman–Crippen MR) is 74.3 cm³/mol. The van der Waals surface area contributed by atoms with Crippen molar-refractivity contribution >= 4 is 23.7 Å². The third-order valence-corrected chi connectivity index (χ3v) is 2.39. The topological polar surface area (TPSA) is 96.0 Å². The average Bonchev–Trinajstić information content (AvgIpc) is 2.46. The molecule has 0 N–H and O–H groups in total. The summed E-state index contributed by atoms with van der Waals surface area (Å²) < 4.78 is 13.1. The van der Waals surface area contributed by atoms with Crippen molar-refractivity contribution in [2.75, 3.05) is 21.3 Å². The number of Topliss-reactive ketones (excluding diaryl/α,β-unsaturated/α-hetero) is 1. The average molecular weight is 302 g/mol. The summed E-state index contributed by atoms with van der Waals surface area (Å²) in [6, 6.07) is 0. The van der Waals surface area contributed by atoms with Gasteiger partial charge in [0.1, 0.15) is 0 Å². The lowest BCUT2D eigenvalue weighted by Crippen LogP contribution is -2.17. The number of methoxy groups -OCH3 is 3. The molecule has 0 bridgehead atoms. The second-order valence-corrected chi connectivity index (χ2v) is 4.12. The van der Waals surface area contributed by atoms with Crippen LogP contribution in [0.1, 0.15) is 26.7 Å². The quantitative estimate of drug-likeness (QED) is 0.411. The molecule has 0 rings (SSSR count). The Morgan fingerprint density at radius 3 is 1.76 bits per heavy atom. The maximum absolute atomic E-state index is 10.7. The van der Waals surface area contributed by atoms with E-state index >= 15 is 0 Å². The van der Waals surface area contributed by atoms with Crippen LogP contribution < -0.4 is 0 Å². The lowest BCUT2D eigenvalue weighted by Gasteiger charge is -2.05. The minimum Gasteiger partial charge on any atom is -0.469 e. The highest BCUT2D eigenvalue weighted by Gasteiger charge is 2.17. The van der Waals surface area contributed by atoms with Gasteiger partial charge in [0, 0.05) is 0 Å². The number of ketones is 1. The van der Waals surface area contributed by atoms with Crippen molar-refractivity contribution in [3.05, 3.63) is 12.2 Å². The molecule has 1 unspecified atom stereocenters. The van der Waals surface area contributed by atoms with Gasteiger partial charge in [0.05, 0.1) is 40.1 Å². The third-order valence-electron chi connectivity index (χ3n) is 2.39. The van der Waals surface area contributed by atoms with Crippen molar-refractivity contribution in [3.63, 3.8) is 0 Å². The number of hydrogen-bond donors (Lipinski definition) is 0. The Hall–Kier alpha value is -2.18. The number of carbonyl (C=O) groups excluding carboxylic acids is 4. The van der Waals surface area contributed by atoms with E-state index in [-0.39, 0.29) is 24.2 Å². The first kappa shape index (κ1) is 21.1. The van der Waals surface area contributed by atoms with Gasteiger partial charge in [0.25, 0.3) is 0 Å². The minimum absolute atomic E-state index is 0.00810. The molecule has 0 saturated carbocycles. The van der Waals surface area contributed by atoms with Crippen molar-refractivity contribution in [3.8, 4) is 0 Å².